The maximum Gasteiger partial charge on any atom is 0.434 e. The van der Waals surface area contributed by atoms with E-state index in [1.807, 2.05) is 0 Å². The van der Waals surface area contributed by atoms with Gasteiger partial charge in [0.1, 0.15) is 16.6 Å². The van der Waals surface area contributed by atoms with Crippen LogP contribution in [0.4, 0.5) is 19.0 Å². The number of carbonyl (C=O) groups excluding carboxylic acids is 1. The van der Waals surface area contributed by atoms with E-state index in [-0.39, 0.29) is 28.4 Å². The third-order valence-corrected chi connectivity index (χ3v) is 5.55. The summed E-state index contributed by atoms with van der Waals surface area (Å²) in [7, 11) is 0. The predicted molar refractivity (Wildman–Crippen MR) is 101 cm³/mol. The second kappa shape index (κ2) is 7.25. The molecule has 1 saturated carbocycles. The molecule has 0 aromatic carbocycles. The quantitative estimate of drug-likeness (QED) is 0.662. The molecule has 1 amide bonds. The average Bonchev–Trinajstić information content (AvgIpc) is 3.27. The van der Waals surface area contributed by atoms with E-state index in [2.05, 4.69) is 15.4 Å². The average molecular weight is 427 g/mol. The number of halogens is 4. The fourth-order valence-electron chi connectivity index (χ4n) is 3.71. The van der Waals surface area contributed by atoms with Crippen molar-refractivity contribution in [3.63, 3.8) is 0 Å². The van der Waals surface area contributed by atoms with Gasteiger partial charge in [-0.1, -0.05) is 17.7 Å². The van der Waals surface area contributed by atoms with Gasteiger partial charge in [0, 0.05) is 12.2 Å². The number of imidazole rings is 1. The summed E-state index contributed by atoms with van der Waals surface area (Å²) < 4.78 is 41.9. The molecule has 0 saturated heterocycles. The summed E-state index contributed by atoms with van der Waals surface area (Å²) in [5, 5.41) is 7.73. The molecule has 11 heteroatoms. The summed E-state index contributed by atoms with van der Waals surface area (Å²) in [4.78, 5) is 15.0. The van der Waals surface area contributed by atoms with Crippen LogP contribution in [0.5, 0.6) is 0 Å². The third kappa shape index (κ3) is 3.76. The second-order valence-corrected chi connectivity index (χ2v) is 7.43. The van der Waals surface area contributed by atoms with Crippen LogP contribution in [0.1, 0.15) is 47.8 Å². The molecule has 154 valence electrons. The molecule has 1 aliphatic carbocycles. The zero-order chi connectivity index (χ0) is 20.8. The molecular formula is C18H18ClF3N6O. The highest BCUT2D eigenvalue weighted by molar-refractivity contribution is 6.32. The van der Waals surface area contributed by atoms with Crippen LogP contribution in [0.15, 0.2) is 30.6 Å². The summed E-state index contributed by atoms with van der Waals surface area (Å²) >= 11 is 6.21. The number of hydrogen-bond acceptors (Lipinski definition) is 4. The van der Waals surface area contributed by atoms with Crippen molar-refractivity contribution in [2.75, 3.05) is 5.32 Å². The molecule has 0 aliphatic heterocycles. The normalized spacial score (nSPS) is 20.1. The molecule has 29 heavy (non-hydrogen) atoms. The van der Waals surface area contributed by atoms with Gasteiger partial charge in [-0.25, -0.2) is 4.98 Å². The highest BCUT2D eigenvalue weighted by Crippen LogP contribution is 2.33. The van der Waals surface area contributed by atoms with Gasteiger partial charge in [-0.2, -0.15) is 18.3 Å². The van der Waals surface area contributed by atoms with Gasteiger partial charge in [-0.3, -0.25) is 13.9 Å². The van der Waals surface area contributed by atoms with E-state index < -0.39 is 17.8 Å². The first-order chi connectivity index (χ1) is 13.7. The van der Waals surface area contributed by atoms with Gasteiger partial charge in [0.2, 0.25) is 0 Å². The zero-order valence-electron chi connectivity index (χ0n) is 15.2. The summed E-state index contributed by atoms with van der Waals surface area (Å²) in [6.45, 7) is 0. The third-order valence-electron chi connectivity index (χ3n) is 5.18. The number of fused-ring (bicyclic) bond motifs is 1. The van der Waals surface area contributed by atoms with Gasteiger partial charge in [0.05, 0.1) is 17.8 Å². The Hall–Kier alpha value is -2.75. The van der Waals surface area contributed by atoms with Crippen molar-refractivity contribution in [1.29, 1.82) is 0 Å². The molecule has 3 aromatic rings. The zero-order valence-corrected chi connectivity index (χ0v) is 15.9. The van der Waals surface area contributed by atoms with Crippen molar-refractivity contribution in [2.45, 2.75) is 43.9 Å². The summed E-state index contributed by atoms with van der Waals surface area (Å²) in [5.74, 6) is -0.0645. The van der Waals surface area contributed by atoms with E-state index in [4.69, 9.17) is 17.3 Å². The predicted octanol–water partition coefficient (Wildman–Crippen LogP) is 3.90. The maximum atomic E-state index is 13.0. The lowest BCUT2D eigenvalue weighted by atomic mass is 9.91. The number of amides is 1. The minimum absolute atomic E-state index is 0.0366. The summed E-state index contributed by atoms with van der Waals surface area (Å²) in [6, 6.07) is 5.05. The molecule has 7 nitrogen and oxygen atoms in total. The minimum atomic E-state index is -4.49. The Balaban J connectivity index is 1.46. The number of pyridine rings is 1. The van der Waals surface area contributed by atoms with Gasteiger partial charge < -0.3 is 11.1 Å². The lowest BCUT2D eigenvalue weighted by Gasteiger charge is -2.30. The minimum Gasteiger partial charge on any atom is -0.368 e. The van der Waals surface area contributed by atoms with Crippen molar-refractivity contribution in [3.8, 4) is 0 Å². The van der Waals surface area contributed by atoms with Crippen molar-refractivity contribution >= 4 is 29.0 Å². The Morgan fingerprint density at radius 1 is 1.24 bits per heavy atom. The SMILES string of the molecule is NC(=O)c1cnn(C2CCC(Nc3cccc4nc(C(F)(F)F)cn34)CC2)c1Cl. The molecule has 1 aliphatic rings. The van der Waals surface area contributed by atoms with Crippen LogP contribution in [-0.4, -0.2) is 31.1 Å². The summed E-state index contributed by atoms with van der Waals surface area (Å²) in [6.07, 6.45) is 0.920. The number of nitrogens with two attached hydrogens (primary N) is 1. The largest absolute Gasteiger partial charge is 0.434 e. The molecule has 0 radical (unpaired) electrons. The van der Waals surface area contributed by atoms with Crippen molar-refractivity contribution in [2.24, 2.45) is 5.73 Å². The number of aromatic nitrogens is 4. The van der Waals surface area contributed by atoms with Gasteiger partial charge in [-0.15, -0.1) is 0 Å². The van der Waals surface area contributed by atoms with Crippen LogP contribution in [-0.2, 0) is 6.18 Å². The van der Waals surface area contributed by atoms with Crippen molar-refractivity contribution in [1.82, 2.24) is 19.2 Å². The standard InChI is InChI=1S/C18H18ClF3N6O/c19-16-12(17(23)29)8-24-28(16)11-6-4-10(5-7-11)25-14-2-1-3-15-26-13(9-27(14)15)18(20,21)22/h1-3,8-11,25H,4-7H2,(H2,23,29). The number of carbonyl (C=O) groups is 1. The number of nitrogens with one attached hydrogen (secondary N) is 1. The smallest absolute Gasteiger partial charge is 0.368 e. The Bertz CT molecular complexity index is 1050. The first-order valence-electron chi connectivity index (χ1n) is 9.08. The fraction of sp³-hybridized carbons (Fsp3) is 0.389. The maximum absolute atomic E-state index is 13.0. The monoisotopic (exact) mass is 426 g/mol. The molecule has 3 N–H and O–H groups in total. The molecular weight excluding hydrogens is 409 g/mol. The Kier molecular flexibility index (Phi) is 4.89. The number of nitrogens with zero attached hydrogens (tertiary/aromatic N) is 4. The second-order valence-electron chi connectivity index (χ2n) is 7.07. The van der Waals surface area contributed by atoms with E-state index in [1.165, 1.54) is 16.7 Å². The molecule has 0 unspecified atom stereocenters. The topological polar surface area (TPSA) is 90.2 Å². The van der Waals surface area contributed by atoms with E-state index in [1.54, 1.807) is 16.8 Å². The van der Waals surface area contributed by atoms with Crippen LogP contribution in [0, 0.1) is 0 Å². The van der Waals surface area contributed by atoms with Crippen molar-refractivity contribution < 1.29 is 18.0 Å². The van der Waals surface area contributed by atoms with Gasteiger partial charge in [0.25, 0.3) is 5.91 Å². The number of hydrogen-bond donors (Lipinski definition) is 2. The number of primary amides is 1. The van der Waals surface area contributed by atoms with Crippen LogP contribution >= 0.6 is 11.6 Å². The lowest BCUT2D eigenvalue weighted by Crippen LogP contribution is -2.28. The summed E-state index contributed by atoms with van der Waals surface area (Å²) in [5.41, 5.74) is 4.78. The van der Waals surface area contributed by atoms with E-state index in [9.17, 15) is 18.0 Å². The molecule has 0 bridgehead atoms. The Morgan fingerprint density at radius 2 is 1.97 bits per heavy atom. The highest BCUT2D eigenvalue weighted by atomic mass is 35.5. The van der Waals surface area contributed by atoms with Crippen LogP contribution in [0.2, 0.25) is 5.15 Å². The number of anilines is 1. The van der Waals surface area contributed by atoms with E-state index in [0.717, 1.165) is 31.9 Å². The van der Waals surface area contributed by atoms with Crippen molar-refractivity contribution in [3.05, 3.63) is 47.0 Å². The van der Waals surface area contributed by atoms with Crippen LogP contribution in [0.25, 0.3) is 5.65 Å². The molecule has 3 aromatic heterocycles. The lowest BCUT2D eigenvalue weighted by molar-refractivity contribution is -0.140. The molecule has 4 rings (SSSR count). The van der Waals surface area contributed by atoms with Crippen LogP contribution in [0.3, 0.4) is 0 Å². The van der Waals surface area contributed by atoms with Gasteiger partial charge in [-0.05, 0) is 37.8 Å². The molecule has 0 atom stereocenters. The Morgan fingerprint density at radius 3 is 2.59 bits per heavy atom. The number of rotatable bonds is 4. The highest BCUT2D eigenvalue weighted by Gasteiger charge is 2.34. The van der Waals surface area contributed by atoms with E-state index in [0.29, 0.717) is 5.82 Å². The first kappa shape index (κ1) is 19.6. The number of alkyl halides is 3. The molecule has 0 spiro atoms. The van der Waals surface area contributed by atoms with Gasteiger partial charge in [0.15, 0.2) is 5.69 Å². The molecule has 3 heterocycles. The molecule has 1 fully saturated rings. The fourth-order valence-corrected chi connectivity index (χ4v) is 4.03. The van der Waals surface area contributed by atoms with E-state index >= 15 is 0 Å². The first-order valence-corrected chi connectivity index (χ1v) is 9.46. The Labute approximate surface area is 168 Å². The van der Waals surface area contributed by atoms with Gasteiger partial charge >= 0.3 is 6.18 Å². The van der Waals surface area contributed by atoms with Crippen LogP contribution < -0.4 is 11.1 Å².